The number of rotatable bonds is 6. The second-order valence-corrected chi connectivity index (χ2v) is 6.10. The highest BCUT2D eigenvalue weighted by Gasteiger charge is 2.34. The second-order valence-electron chi connectivity index (χ2n) is 6.10. The number of hydrogen-bond donors (Lipinski definition) is 2. The van der Waals surface area contributed by atoms with Crippen molar-refractivity contribution in [2.75, 3.05) is 32.8 Å². The van der Waals surface area contributed by atoms with Gasteiger partial charge in [-0.25, -0.2) is 0 Å². The van der Waals surface area contributed by atoms with Crippen molar-refractivity contribution in [2.45, 2.75) is 38.2 Å². The fraction of sp³-hybridized carbons (Fsp3) is 0.857. The molecule has 2 N–H and O–H groups in total. The minimum Gasteiger partial charge on any atom is -0.481 e. The Labute approximate surface area is 119 Å². The molecule has 0 unspecified atom stereocenters. The van der Waals surface area contributed by atoms with E-state index in [1.807, 2.05) is 11.8 Å². The third-order valence-electron chi connectivity index (χ3n) is 4.28. The molecule has 0 spiro atoms. The van der Waals surface area contributed by atoms with E-state index in [2.05, 4.69) is 5.32 Å². The predicted molar refractivity (Wildman–Crippen MR) is 73.4 cm³/mol. The van der Waals surface area contributed by atoms with Gasteiger partial charge in [0.2, 0.25) is 5.91 Å². The summed E-state index contributed by atoms with van der Waals surface area (Å²) in [6.07, 6.45) is 2.75. The van der Waals surface area contributed by atoms with Gasteiger partial charge in [0.1, 0.15) is 6.61 Å². The molecule has 2 aliphatic heterocycles. The molecular formula is C14H24N2O4. The Balaban J connectivity index is 1.65. The van der Waals surface area contributed by atoms with E-state index < -0.39 is 5.97 Å². The summed E-state index contributed by atoms with van der Waals surface area (Å²) in [6, 6.07) is 0. The van der Waals surface area contributed by atoms with E-state index in [0.29, 0.717) is 5.92 Å². The third kappa shape index (κ3) is 4.18. The van der Waals surface area contributed by atoms with Gasteiger partial charge in [-0.3, -0.25) is 9.59 Å². The van der Waals surface area contributed by atoms with E-state index in [9.17, 15) is 9.59 Å². The highest BCUT2D eigenvalue weighted by molar-refractivity contribution is 5.77. The lowest BCUT2D eigenvalue weighted by Crippen LogP contribution is -2.59. The Morgan fingerprint density at radius 2 is 2.00 bits per heavy atom. The van der Waals surface area contributed by atoms with Crippen LogP contribution in [0.25, 0.3) is 0 Å². The van der Waals surface area contributed by atoms with Crippen LogP contribution in [0.5, 0.6) is 0 Å². The molecule has 6 nitrogen and oxygen atoms in total. The van der Waals surface area contributed by atoms with Gasteiger partial charge in [0.25, 0.3) is 0 Å². The zero-order valence-corrected chi connectivity index (χ0v) is 12.1. The van der Waals surface area contributed by atoms with Crippen LogP contribution >= 0.6 is 0 Å². The number of amides is 1. The molecule has 0 bridgehead atoms. The number of ether oxygens (including phenoxy) is 1. The van der Waals surface area contributed by atoms with Gasteiger partial charge in [0.05, 0.1) is 5.60 Å². The minimum atomic E-state index is -0.737. The van der Waals surface area contributed by atoms with Gasteiger partial charge >= 0.3 is 5.97 Å². The SMILES string of the molecule is CC1(OCC(=O)N2CCC(CCC(=O)O)CC2)CNC1. The lowest BCUT2D eigenvalue weighted by atomic mass is 9.92. The molecule has 114 valence electrons. The molecule has 2 rings (SSSR count). The van der Waals surface area contributed by atoms with Crippen LogP contribution in [0, 0.1) is 5.92 Å². The Morgan fingerprint density at radius 3 is 2.50 bits per heavy atom. The molecule has 0 aromatic rings. The summed E-state index contributed by atoms with van der Waals surface area (Å²) in [5.74, 6) is -0.251. The molecule has 0 aromatic heterocycles. The van der Waals surface area contributed by atoms with Crippen LogP contribution in [-0.4, -0.2) is 60.3 Å². The van der Waals surface area contributed by atoms with E-state index in [0.717, 1.165) is 45.4 Å². The Bertz CT molecular complexity index is 360. The van der Waals surface area contributed by atoms with Crippen molar-refractivity contribution < 1.29 is 19.4 Å². The summed E-state index contributed by atoms with van der Waals surface area (Å²) < 4.78 is 5.65. The van der Waals surface area contributed by atoms with Gasteiger partial charge in [0.15, 0.2) is 0 Å². The topological polar surface area (TPSA) is 78.9 Å². The average molecular weight is 284 g/mol. The zero-order valence-electron chi connectivity index (χ0n) is 12.1. The number of aliphatic carboxylic acids is 1. The average Bonchev–Trinajstić information content (AvgIpc) is 2.41. The molecule has 0 atom stereocenters. The van der Waals surface area contributed by atoms with Crippen LogP contribution in [0.1, 0.15) is 32.6 Å². The van der Waals surface area contributed by atoms with Gasteiger partial charge in [-0.1, -0.05) is 0 Å². The lowest BCUT2D eigenvalue weighted by molar-refractivity contribution is -0.147. The molecule has 0 saturated carbocycles. The first-order valence-corrected chi connectivity index (χ1v) is 7.33. The van der Waals surface area contributed by atoms with Crippen molar-refractivity contribution in [3.8, 4) is 0 Å². The molecule has 2 aliphatic rings. The van der Waals surface area contributed by atoms with E-state index in [4.69, 9.17) is 9.84 Å². The molecule has 2 saturated heterocycles. The van der Waals surface area contributed by atoms with E-state index in [-0.39, 0.29) is 24.5 Å². The van der Waals surface area contributed by atoms with Crippen molar-refractivity contribution in [1.82, 2.24) is 10.2 Å². The van der Waals surface area contributed by atoms with Crippen LogP contribution in [-0.2, 0) is 14.3 Å². The van der Waals surface area contributed by atoms with Gasteiger partial charge in [-0.15, -0.1) is 0 Å². The standard InChI is InChI=1S/C14H24N2O4/c1-14(9-15-10-14)20-8-12(17)16-6-4-11(5-7-16)2-3-13(18)19/h11,15H,2-10H2,1H3,(H,18,19). The molecule has 1 amide bonds. The fourth-order valence-electron chi connectivity index (χ4n) is 2.71. The first kappa shape index (κ1) is 15.3. The maximum absolute atomic E-state index is 12.0. The first-order valence-electron chi connectivity index (χ1n) is 7.33. The van der Waals surface area contributed by atoms with E-state index >= 15 is 0 Å². The van der Waals surface area contributed by atoms with Gasteiger partial charge in [0, 0.05) is 32.6 Å². The number of carboxylic acids is 1. The molecule has 0 aromatic carbocycles. The summed E-state index contributed by atoms with van der Waals surface area (Å²) >= 11 is 0. The third-order valence-corrected chi connectivity index (χ3v) is 4.28. The monoisotopic (exact) mass is 284 g/mol. The fourth-order valence-corrected chi connectivity index (χ4v) is 2.71. The lowest BCUT2D eigenvalue weighted by Gasteiger charge is -2.39. The summed E-state index contributed by atoms with van der Waals surface area (Å²) in [7, 11) is 0. The Morgan fingerprint density at radius 1 is 1.35 bits per heavy atom. The van der Waals surface area contributed by atoms with Crippen molar-refractivity contribution in [3.05, 3.63) is 0 Å². The first-order chi connectivity index (χ1) is 9.48. The number of nitrogens with one attached hydrogen (secondary N) is 1. The Hall–Kier alpha value is -1.14. The number of hydrogen-bond acceptors (Lipinski definition) is 4. The van der Waals surface area contributed by atoms with Gasteiger partial charge in [-0.05, 0) is 32.1 Å². The highest BCUT2D eigenvalue weighted by Crippen LogP contribution is 2.22. The van der Waals surface area contributed by atoms with Crippen molar-refractivity contribution >= 4 is 11.9 Å². The molecule has 0 aliphatic carbocycles. The normalized spacial score (nSPS) is 22.4. The number of piperidine rings is 1. The molecule has 2 heterocycles. The molecule has 20 heavy (non-hydrogen) atoms. The summed E-state index contributed by atoms with van der Waals surface area (Å²) in [6.45, 7) is 5.21. The number of carboxylic acid groups (broad SMARTS) is 1. The van der Waals surface area contributed by atoms with Crippen molar-refractivity contribution in [1.29, 1.82) is 0 Å². The van der Waals surface area contributed by atoms with Crippen molar-refractivity contribution in [2.24, 2.45) is 5.92 Å². The highest BCUT2D eigenvalue weighted by atomic mass is 16.5. The van der Waals surface area contributed by atoms with Gasteiger partial charge in [-0.2, -0.15) is 0 Å². The zero-order chi connectivity index (χ0) is 14.6. The largest absolute Gasteiger partial charge is 0.481 e. The van der Waals surface area contributed by atoms with Crippen LogP contribution in [0.3, 0.4) is 0 Å². The number of carbonyl (C=O) groups is 2. The maximum atomic E-state index is 12.0. The number of carbonyl (C=O) groups excluding carboxylic acids is 1. The second kappa shape index (κ2) is 6.54. The number of likely N-dealkylation sites (tertiary alicyclic amines) is 1. The smallest absolute Gasteiger partial charge is 0.303 e. The molecular weight excluding hydrogens is 260 g/mol. The van der Waals surface area contributed by atoms with Crippen molar-refractivity contribution in [3.63, 3.8) is 0 Å². The Kier molecular flexibility index (Phi) is 4.99. The van der Waals surface area contributed by atoms with Gasteiger partial charge < -0.3 is 20.1 Å². The quantitative estimate of drug-likeness (QED) is 0.741. The molecule has 2 fully saturated rings. The van der Waals surface area contributed by atoms with Crippen LogP contribution in [0.15, 0.2) is 0 Å². The minimum absolute atomic E-state index is 0.0507. The molecule has 6 heteroatoms. The van der Waals surface area contributed by atoms with E-state index in [1.165, 1.54) is 0 Å². The maximum Gasteiger partial charge on any atom is 0.303 e. The number of nitrogens with zero attached hydrogens (tertiary/aromatic N) is 1. The van der Waals surface area contributed by atoms with Crippen LogP contribution < -0.4 is 5.32 Å². The predicted octanol–water partition coefficient (Wildman–Crippen LogP) is 0.468. The van der Waals surface area contributed by atoms with Crippen LogP contribution in [0.2, 0.25) is 0 Å². The van der Waals surface area contributed by atoms with Crippen LogP contribution in [0.4, 0.5) is 0 Å². The summed E-state index contributed by atoms with van der Waals surface area (Å²) in [4.78, 5) is 24.4. The summed E-state index contributed by atoms with van der Waals surface area (Å²) in [5, 5.41) is 11.8. The molecule has 0 radical (unpaired) electrons. The summed E-state index contributed by atoms with van der Waals surface area (Å²) in [5.41, 5.74) is -0.185. The van der Waals surface area contributed by atoms with E-state index in [1.54, 1.807) is 0 Å².